The van der Waals surface area contributed by atoms with Crippen molar-refractivity contribution < 1.29 is 8.42 Å². The van der Waals surface area contributed by atoms with Gasteiger partial charge in [0, 0.05) is 10.7 Å². The van der Waals surface area contributed by atoms with Crippen LogP contribution in [0.15, 0.2) is 17.0 Å². The topological polar surface area (TPSA) is 52.0 Å². The molecule has 0 atom stereocenters. The summed E-state index contributed by atoms with van der Waals surface area (Å²) in [4.78, 5) is 0.102. The van der Waals surface area contributed by atoms with E-state index in [1.807, 2.05) is 6.92 Å². The molecule has 1 aromatic heterocycles. The number of halogens is 1. The number of hydrogen-bond donors (Lipinski definition) is 0. The van der Waals surface area contributed by atoms with E-state index in [0.717, 1.165) is 5.57 Å². The lowest BCUT2D eigenvalue weighted by Crippen LogP contribution is -2.03. The van der Waals surface area contributed by atoms with Gasteiger partial charge < -0.3 is 0 Å². The van der Waals surface area contributed by atoms with Crippen molar-refractivity contribution in [1.29, 1.82) is 0 Å². The van der Waals surface area contributed by atoms with Crippen LogP contribution in [0.5, 0.6) is 0 Å². The van der Waals surface area contributed by atoms with E-state index in [1.165, 1.54) is 0 Å². The molecule has 1 heterocycles. The van der Waals surface area contributed by atoms with Crippen molar-refractivity contribution in [1.82, 2.24) is 9.78 Å². The maximum Gasteiger partial charge on any atom is 0.264 e. The average molecular weight is 249 g/mol. The summed E-state index contributed by atoms with van der Waals surface area (Å²) in [6, 6.07) is 0. The predicted molar refractivity (Wildman–Crippen MR) is 59.6 cm³/mol. The number of allylic oxidation sites excluding steroid dienone is 1. The van der Waals surface area contributed by atoms with Crippen molar-refractivity contribution in [2.75, 3.05) is 0 Å². The highest BCUT2D eigenvalue weighted by Crippen LogP contribution is 2.23. The summed E-state index contributed by atoms with van der Waals surface area (Å²) in [6.45, 7) is 9.40. The molecule has 0 aromatic carbocycles. The molecule has 15 heavy (non-hydrogen) atoms. The van der Waals surface area contributed by atoms with Crippen molar-refractivity contribution in [2.45, 2.75) is 32.2 Å². The number of aryl methyl sites for hydroxylation is 1. The van der Waals surface area contributed by atoms with Gasteiger partial charge in [0.2, 0.25) is 0 Å². The van der Waals surface area contributed by atoms with E-state index in [2.05, 4.69) is 11.7 Å². The largest absolute Gasteiger partial charge is 0.264 e. The lowest BCUT2D eigenvalue weighted by molar-refractivity contribution is 0.607. The molecule has 0 saturated heterocycles. The van der Waals surface area contributed by atoms with Crippen LogP contribution in [0.4, 0.5) is 0 Å². The van der Waals surface area contributed by atoms with Gasteiger partial charge in [-0.25, -0.2) is 8.42 Å². The first-order valence-electron chi connectivity index (χ1n) is 4.36. The van der Waals surface area contributed by atoms with E-state index in [1.54, 1.807) is 18.5 Å². The van der Waals surface area contributed by atoms with Crippen molar-refractivity contribution in [3.05, 3.63) is 23.5 Å². The molecule has 0 saturated carbocycles. The van der Waals surface area contributed by atoms with Crippen molar-refractivity contribution in [3.8, 4) is 0 Å². The molecule has 4 nitrogen and oxygen atoms in total. The van der Waals surface area contributed by atoms with Gasteiger partial charge in [0.25, 0.3) is 9.05 Å². The maximum atomic E-state index is 11.3. The molecule has 0 spiro atoms. The molecule has 0 aliphatic heterocycles. The van der Waals surface area contributed by atoms with Gasteiger partial charge in [0.15, 0.2) is 0 Å². The number of aromatic nitrogens is 2. The fraction of sp³-hybridized carbons (Fsp3) is 0.444. The molecule has 0 radical (unpaired) electrons. The van der Waals surface area contributed by atoms with Crippen LogP contribution in [-0.4, -0.2) is 18.2 Å². The molecule has 6 heteroatoms. The van der Waals surface area contributed by atoms with Gasteiger partial charge in [-0.15, -0.1) is 0 Å². The molecule has 0 fully saturated rings. The highest BCUT2D eigenvalue weighted by molar-refractivity contribution is 8.13. The van der Waals surface area contributed by atoms with E-state index in [0.29, 0.717) is 17.9 Å². The number of nitrogens with zero attached hydrogens (tertiary/aromatic N) is 2. The molecule has 0 aliphatic carbocycles. The summed E-state index contributed by atoms with van der Waals surface area (Å²) in [6.07, 6.45) is 0. The summed E-state index contributed by atoms with van der Waals surface area (Å²) < 4.78 is 24.1. The van der Waals surface area contributed by atoms with Crippen LogP contribution >= 0.6 is 10.7 Å². The first-order valence-corrected chi connectivity index (χ1v) is 6.67. The first kappa shape index (κ1) is 12.3. The van der Waals surface area contributed by atoms with Gasteiger partial charge >= 0.3 is 0 Å². The Kier molecular flexibility index (Phi) is 3.25. The van der Waals surface area contributed by atoms with Gasteiger partial charge in [-0.3, -0.25) is 4.68 Å². The second-order valence-electron chi connectivity index (χ2n) is 3.55. The van der Waals surface area contributed by atoms with E-state index in [9.17, 15) is 8.42 Å². The second-order valence-corrected chi connectivity index (χ2v) is 6.06. The molecule has 1 aromatic rings. The predicted octanol–water partition coefficient (Wildman–Crippen LogP) is 2.00. The van der Waals surface area contributed by atoms with Crippen LogP contribution in [0.3, 0.4) is 0 Å². The monoisotopic (exact) mass is 248 g/mol. The van der Waals surface area contributed by atoms with Crippen LogP contribution < -0.4 is 0 Å². The molecule has 1 rings (SSSR count). The SMILES string of the molecule is C=C(C)Cn1nc(C)c(S(=O)(=O)Cl)c1C. The first-order chi connectivity index (χ1) is 6.73. The Morgan fingerprint density at radius 2 is 2.07 bits per heavy atom. The van der Waals surface area contributed by atoms with Crippen molar-refractivity contribution >= 4 is 19.7 Å². The minimum Gasteiger partial charge on any atom is -0.264 e. The second kappa shape index (κ2) is 3.98. The zero-order valence-corrected chi connectivity index (χ0v) is 10.5. The van der Waals surface area contributed by atoms with E-state index in [-0.39, 0.29) is 4.90 Å². The van der Waals surface area contributed by atoms with E-state index >= 15 is 0 Å². The van der Waals surface area contributed by atoms with E-state index < -0.39 is 9.05 Å². The Morgan fingerprint density at radius 1 is 1.53 bits per heavy atom. The molecule has 0 unspecified atom stereocenters. The smallest absolute Gasteiger partial charge is 0.264 e. The number of rotatable bonds is 3. The third kappa shape index (κ3) is 2.60. The van der Waals surface area contributed by atoms with Crippen LogP contribution in [0, 0.1) is 13.8 Å². The Bertz CT molecular complexity index is 502. The maximum absolute atomic E-state index is 11.3. The summed E-state index contributed by atoms with van der Waals surface area (Å²) in [5.74, 6) is 0. The summed E-state index contributed by atoms with van der Waals surface area (Å²) in [5, 5.41) is 4.11. The highest BCUT2D eigenvalue weighted by atomic mass is 35.7. The molecular formula is C9H13ClN2O2S. The highest BCUT2D eigenvalue weighted by Gasteiger charge is 2.22. The van der Waals surface area contributed by atoms with Gasteiger partial charge in [-0.05, 0) is 20.8 Å². The normalized spacial score (nSPS) is 11.7. The molecule has 0 aliphatic rings. The van der Waals surface area contributed by atoms with Crippen molar-refractivity contribution in [3.63, 3.8) is 0 Å². The van der Waals surface area contributed by atoms with Gasteiger partial charge in [0.05, 0.1) is 17.9 Å². The van der Waals surface area contributed by atoms with Crippen molar-refractivity contribution in [2.24, 2.45) is 0 Å². The average Bonchev–Trinajstić information content (AvgIpc) is 2.23. The van der Waals surface area contributed by atoms with Gasteiger partial charge in [0.1, 0.15) is 4.90 Å². The van der Waals surface area contributed by atoms with Crippen LogP contribution in [0.25, 0.3) is 0 Å². The van der Waals surface area contributed by atoms with Crippen LogP contribution in [-0.2, 0) is 15.6 Å². The zero-order valence-electron chi connectivity index (χ0n) is 8.91. The molecule has 0 N–H and O–H groups in total. The quantitative estimate of drug-likeness (QED) is 0.607. The van der Waals surface area contributed by atoms with Crippen LogP contribution in [0.1, 0.15) is 18.3 Å². The Balaban J connectivity index is 3.33. The van der Waals surface area contributed by atoms with E-state index in [4.69, 9.17) is 10.7 Å². The molecule has 0 amide bonds. The molecular weight excluding hydrogens is 236 g/mol. The summed E-state index contributed by atoms with van der Waals surface area (Å²) in [5.41, 5.74) is 1.87. The Labute approximate surface area is 94.0 Å². The summed E-state index contributed by atoms with van der Waals surface area (Å²) in [7, 11) is 1.60. The lowest BCUT2D eigenvalue weighted by atomic mass is 10.3. The Hall–Kier alpha value is -0.810. The standard InChI is InChI=1S/C9H13ClN2O2S/c1-6(2)5-12-8(4)9(7(3)11-12)15(10,13)14/h1,5H2,2-4H3. The third-order valence-corrected chi connectivity index (χ3v) is 3.52. The lowest BCUT2D eigenvalue weighted by Gasteiger charge is -2.03. The third-order valence-electron chi connectivity index (χ3n) is 1.98. The molecule has 84 valence electrons. The van der Waals surface area contributed by atoms with Gasteiger partial charge in [-0.1, -0.05) is 12.2 Å². The minimum atomic E-state index is -3.72. The van der Waals surface area contributed by atoms with Gasteiger partial charge in [-0.2, -0.15) is 5.10 Å². The Morgan fingerprint density at radius 3 is 2.40 bits per heavy atom. The van der Waals surface area contributed by atoms with Crippen LogP contribution in [0.2, 0.25) is 0 Å². The fourth-order valence-corrected chi connectivity index (χ4v) is 2.96. The minimum absolute atomic E-state index is 0.102. The number of hydrogen-bond acceptors (Lipinski definition) is 3. The zero-order chi connectivity index (χ0) is 11.8. The summed E-state index contributed by atoms with van der Waals surface area (Å²) >= 11 is 0. The fourth-order valence-electron chi connectivity index (χ4n) is 1.44. The molecule has 0 bridgehead atoms.